The first kappa shape index (κ1) is 26.2. The molecule has 1 aromatic carbocycles. The van der Waals surface area contributed by atoms with E-state index in [1.807, 2.05) is 45.0 Å². The van der Waals surface area contributed by atoms with Crippen molar-refractivity contribution in [2.45, 2.75) is 65.6 Å². The van der Waals surface area contributed by atoms with Gasteiger partial charge in [0.05, 0.1) is 25.2 Å². The van der Waals surface area contributed by atoms with Crippen molar-refractivity contribution in [2.24, 2.45) is 28.6 Å². The summed E-state index contributed by atoms with van der Waals surface area (Å²) in [6.07, 6.45) is 1.28. The predicted molar refractivity (Wildman–Crippen MR) is 135 cm³/mol. The van der Waals surface area contributed by atoms with Crippen molar-refractivity contribution in [1.82, 2.24) is 0 Å². The molecule has 2 saturated carbocycles. The Morgan fingerprint density at radius 2 is 1.76 bits per heavy atom. The van der Waals surface area contributed by atoms with Crippen molar-refractivity contribution >= 4 is 23.7 Å². The van der Waals surface area contributed by atoms with E-state index in [1.54, 1.807) is 12.3 Å². The number of carbonyl (C=O) groups is 4. The third-order valence-corrected chi connectivity index (χ3v) is 9.25. The second kappa shape index (κ2) is 9.40. The minimum absolute atomic E-state index is 0.0754. The molecule has 38 heavy (non-hydrogen) atoms. The van der Waals surface area contributed by atoms with Gasteiger partial charge in [0, 0.05) is 30.4 Å². The maximum absolute atomic E-state index is 14.0. The number of furan rings is 1. The number of hydrogen-bond donors (Lipinski definition) is 0. The van der Waals surface area contributed by atoms with E-state index in [1.165, 1.54) is 14.0 Å². The summed E-state index contributed by atoms with van der Waals surface area (Å²) in [6, 6.07) is 9.70. The molecule has 1 aromatic heterocycles. The van der Waals surface area contributed by atoms with Crippen molar-refractivity contribution in [2.75, 3.05) is 7.11 Å². The van der Waals surface area contributed by atoms with E-state index in [9.17, 15) is 19.2 Å². The number of Topliss-reactive ketones (excluding diaryl/α,β-unsaturated/α-hetero) is 1. The van der Waals surface area contributed by atoms with E-state index in [4.69, 9.17) is 18.6 Å². The summed E-state index contributed by atoms with van der Waals surface area (Å²) in [5, 5.41) is 0. The molecule has 202 valence electrons. The van der Waals surface area contributed by atoms with Crippen molar-refractivity contribution in [3.05, 3.63) is 47.7 Å². The van der Waals surface area contributed by atoms with Gasteiger partial charge in [-0.25, -0.2) is 0 Å². The third-order valence-electron chi connectivity index (χ3n) is 9.25. The number of benzene rings is 1. The molecule has 0 spiro atoms. The van der Waals surface area contributed by atoms with Crippen LogP contribution >= 0.6 is 0 Å². The standard InChI is InChI=1S/C30H34O8/c1-16-6-8-18(9-7-16)25-19(11-13-36-25)23-15-30(4)20(28(34)38-23)10-12-29(3)21(27(33)35-5)14-22(37-17(2)31)24(32)26(29)30/h6-9,11,13,20-23,26H,10,12,14-15H2,1-5H3/t20-,21-,22-,23-,26-,29-,30-/m0/s1. The fourth-order valence-electron chi connectivity index (χ4n) is 7.51. The van der Waals surface area contributed by atoms with E-state index in [0.29, 0.717) is 25.0 Å². The van der Waals surface area contributed by atoms with E-state index in [2.05, 4.69) is 0 Å². The summed E-state index contributed by atoms with van der Waals surface area (Å²) in [4.78, 5) is 52.4. The van der Waals surface area contributed by atoms with Crippen LogP contribution in [0.2, 0.25) is 0 Å². The molecular formula is C30H34O8. The largest absolute Gasteiger partial charge is 0.469 e. The predicted octanol–water partition coefficient (Wildman–Crippen LogP) is 4.98. The van der Waals surface area contributed by atoms with Gasteiger partial charge < -0.3 is 18.6 Å². The lowest BCUT2D eigenvalue weighted by Crippen LogP contribution is -2.64. The van der Waals surface area contributed by atoms with Gasteiger partial charge in [-0.2, -0.15) is 0 Å². The van der Waals surface area contributed by atoms with Gasteiger partial charge in [0.1, 0.15) is 11.9 Å². The Kier molecular flexibility index (Phi) is 6.48. The highest BCUT2D eigenvalue weighted by Crippen LogP contribution is 2.65. The molecule has 0 N–H and O–H groups in total. The number of ketones is 1. The van der Waals surface area contributed by atoms with Crippen LogP contribution in [-0.2, 0) is 33.4 Å². The van der Waals surface area contributed by atoms with E-state index < -0.39 is 52.7 Å². The van der Waals surface area contributed by atoms with Crippen LogP contribution in [0.15, 0.2) is 41.0 Å². The van der Waals surface area contributed by atoms with Gasteiger partial charge in [-0.15, -0.1) is 0 Å². The first-order valence-electron chi connectivity index (χ1n) is 13.1. The highest BCUT2D eigenvalue weighted by atomic mass is 16.6. The van der Waals surface area contributed by atoms with Gasteiger partial charge in [0.15, 0.2) is 11.9 Å². The van der Waals surface area contributed by atoms with Crippen molar-refractivity contribution in [1.29, 1.82) is 0 Å². The lowest BCUT2D eigenvalue weighted by Gasteiger charge is -2.61. The normalized spacial score (nSPS) is 34.5. The Bertz CT molecular complexity index is 1280. The fourth-order valence-corrected chi connectivity index (χ4v) is 7.51. The number of rotatable bonds is 4. The number of aryl methyl sites for hydroxylation is 1. The highest BCUT2D eigenvalue weighted by molar-refractivity contribution is 5.93. The fraction of sp³-hybridized carbons (Fsp3) is 0.533. The molecule has 0 amide bonds. The molecule has 3 aliphatic rings. The van der Waals surface area contributed by atoms with E-state index in [0.717, 1.165) is 16.7 Å². The quantitative estimate of drug-likeness (QED) is 0.409. The summed E-state index contributed by atoms with van der Waals surface area (Å²) in [5.41, 5.74) is 1.11. The van der Waals surface area contributed by atoms with Crippen LogP contribution in [0.3, 0.4) is 0 Å². The van der Waals surface area contributed by atoms with Crippen LogP contribution in [-0.4, -0.2) is 36.9 Å². The molecule has 0 unspecified atom stereocenters. The number of hydrogen-bond acceptors (Lipinski definition) is 8. The lowest BCUT2D eigenvalue weighted by atomic mass is 9.43. The summed E-state index contributed by atoms with van der Waals surface area (Å²) < 4.78 is 22.4. The van der Waals surface area contributed by atoms with Crippen molar-refractivity contribution in [3.63, 3.8) is 0 Å². The lowest BCUT2D eigenvalue weighted by molar-refractivity contribution is -0.210. The molecule has 7 atom stereocenters. The molecule has 2 aromatic rings. The van der Waals surface area contributed by atoms with E-state index in [-0.39, 0.29) is 18.2 Å². The van der Waals surface area contributed by atoms with Crippen LogP contribution in [0.1, 0.15) is 63.7 Å². The maximum atomic E-state index is 14.0. The number of ether oxygens (including phenoxy) is 3. The molecule has 3 fully saturated rings. The first-order valence-corrected chi connectivity index (χ1v) is 13.1. The first-order chi connectivity index (χ1) is 18.0. The molecule has 1 aliphatic heterocycles. The average Bonchev–Trinajstić information content (AvgIpc) is 3.35. The minimum atomic E-state index is -1.07. The van der Waals surface area contributed by atoms with Gasteiger partial charge in [0.25, 0.3) is 0 Å². The number of fused-ring (bicyclic) bond motifs is 3. The molecule has 1 saturated heterocycles. The molecule has 8 nitrogen and oxygen atoms in total. The summed E-state index contributed by atoms with van der Waals surface area (Å²) in [5.74, 6) is -2.89. The molecule has 0 bridgehead atoms. The third kappa shape index (κ3) is 4.05. The van der Waals surface area contributed by atoms with Crippen molar-refractivity contribution < 1.29 is 37.8 Å². The van der Waals surface area contributed by atoms with Crippen LogP contribution in [0.25, 0.3) is 11.3 Å². The number of methoxy groups -OCH3 is 1. The Morgan fingerprint density at radius 3 is 2.42 bits per heavy atom. The van der Waals surface area contributed by atoms with E-state index >= 15 is 0 Å². The van der Waals surface area contributed by atoms with Crippen LogP contribution in [0, 0.1) is 35.5 Å². The molecule has 0 radical (unpaired) electrons. The minimum Gasteiger partial charge on any atom is -0.469 e. The number of carbonyl (C=O) groups excluding carboxylic acids is 4. The number of cyclic esters (lactones) is 1. The summed E-state index contributed by atoms with van der Waals surface area (Å²) >= 11 is 0. The molecule has 2 aliphatic carbocycles. The van der Waals surface area contributed by atoms with Gasteiger partial charge in [0.2, 0.25) is 0 Å². The molecule has 2 heterocycles. The second-order valence-corrected chi connectivity index (χ2v) is 11.5. The highest BCUT2D eigenvalue weighted by Gasteiger charge is 2.67. The zero-order valence-electron chi connectivity index (χ0n) is 22.4. The summed E-state index contributed by atoms with van der Waals surface area (Å²) in [6.45, 7) is 7.14. The SMILES string of the molecule is COC(=O)[C@@H]1C[C@H](OC(C)=O)C(=O)[C@H]2[C@@]1(C)CC[C@H]1C(=O)O[C@H](c3ccoc3-c3ccc(C)cc3)C[C@]21C. The number of esters is 3. The summed E-state index contributed by atoms with van der Waals surface area (Å²) in [7, 11) is 1.32. The van der Waals surface area contributed by atoms with Crippen LogP contribution in [0.4, 0.5) is 0 Å². The molecule has 8 heteroatoms. The van der Waals surface area contributed by atoms with Crippen LogP contribution in [0.5, 0.6) is 0 Å². The zero-order valence-corrected chi connectivity index (χ0v) is 22.4. The Hall–Kier alpha value is -3.42. The zero-order chi connectivity index (χ0) is 27.4. The smallest absolute Gasteiger partial charge is 0.310 e. The topological polar surface area (TPSA) is 109 Å². The van der Waals surface area contributed by atoms with Crippen LogP contribution < -0.4 is 0 Å². The Balaban J connectivity index is 1.57. The van der Waals surface area contributed by atoms with Gasteiger partial charge in [-0.05, 0) is 43.1 Å². The Morgan fingerprint density at radius 1 is 1.05 bits per heavy atom. The van der Waals surface area contributed by atoms with Gasteiger partial charge >= 0.3 is 17.9 Å². The monoisotopic (exact) mass is 522 g/mol. The maximum Gasteiger partial charge on any atom is 0.310 e. The molecule has 5 rings (SSSR count). The van der Waals surface area contributed by atoms with Crippen molar-refractivity contribution in [3.8, 4) is 11.3 Å². The van der Waals surface area contributed by atoms with Gasteiger partial charge in [-0.1, -0.05) is 43.7 Å². The average molecular weight is 523 g/mol. The second-order valence-electron chi connectivity index (χ2n) is 11.5. The molecular weight excluding hydrogens is 488 g/mol. The van der Waals surface area contributed by atoms with Gasteiger partial charge in [-0.3, -0.25) is 19.2 Å². The Labute approximate surface area is 222 Å².